The van der Waals surface area contributed by atoms with Gasteiger partial charge in [-0.15, -0.1) is 0 Å². The summed E-state index contributed by atoms with van der Waals surface area (Å²) in [6, 6.07) is 7.03. The van der Waals surface area contributed by atoms with Crippen molar-refractivity contribution in [2.45, 2.75) is 45.0 Å². The summed E-state index contributed by atoms with van der Waals surface area (Å²) < 4.78 is 42.1. The predicted molar refractivity (Wildman–Crippen MR) is 78.6 cm³/mol. The summed E-state index contributed by atoms with van der Waals surface area (Å²) in [6.45, 7) is 5.95. The van der Waals surface area contributed by atoms with Crippen LogP contribution in [-0.4, -0.2) is 24.9 Å². The first-order valence-electron chi connectivity index (χ1n) is 6.76. The molecule has 0 aromatic heterocycles. The van der Waals surface area contributed by atoms with E-state index in [0.717, 1.165) is 0 Å². The van der Waals surface area contributed by atoms with Crippen molar-refractivity contribution in [1.82, 2.24) is 5.32 Å². The quantitative estimate of drug-likeness (QED) is 0.816. The van der Waals surface area contributed by atoms with Crippen LogP contribution in [0.5, 0.6) is 0 Å². The van der Waals surface area contributed by atoms with Crippen molar-refractivity contribution in [1.29, 1.82) is 0 Å². The summed E-state index contributed by atoms with van der Waals surface area (Å²) in [4.78, 5) is 0. The maximum atomic E-state index is 12.2. The Morgan fingerprint density at radius 2 is 1.81 bits per heavy atom. The van der Waals surface area contributed by atoms with Gasteiger partial charge in [-0.05, 0) is 26.8 Å². The maximum absolute atomic E-state index is 12.2. The van der Waals surface area contributed by atoms with Crippen molar-refractivity contribution in [3.63, 3.8) is 0 Å². The van der Waals surface area contributed by atoms with Gasteiger partial charge in [0.15, 0.2) is 0 Å². The lowest BCUT2D eigenvalue weighted by atomic mass is 10.1. The lowest BCUT2D eigenvalue weighted by molar-refractivity contribution is -0.149. The fourth-order valence-corrected chi connectivity index (χ4v) is 1.97. The van der Waals surface area contributed by atoms with Gasteiger partial charge in [-0.25, -0.2) is 0 Å². The first kappa shape index (κ1) is 18.3. The highest BCUT2D eigenvalue weighted by atomic mass is 35.5. The molecule has 0 saturated carbocycles. The van der Waals surface area contributed by atoms with E-state index in [-0.39, 0.29) is 12.1 Å². The standard InChI is InChI=1S/C15H21ClF3NO/c1-14(2,3)20-10-13(21-9-8-15(17,18)19)11-6-4-5-7-12(11)16/h4-7,13,20H,8-10H2,1-3H3. The second-order valence-corrected chi connectivity index (χ2v) is 6.28. The summed E-state index contributed by atoms with van der Waals surface area (Å²) in [6.07, 6.45) is -5.70. The highest BCUT2D eigenvalue weighted by Crippen LogP contribution is 2.27. The molecule has 1 atom stereocenters. The van der Waals surface area contributed by atoms with Gasteiger partial charge in [0.1, 0.15) is 0 Å². The Labute approximate surface area is 128 Å². The average Bonchev–Trinajstić information content (AvgIpc) is 2.32. The van der Waals surface area contributed by atoms with Gasteiger partial charge in [-0.1, -0.05) is 29.8 Å². The molecule has 0 aliphatic rings. The fourth-order valence-electron chi connectivity index (χ4n) is 1.71. The van der Waals surface area contributed by atoms with E-state index in [0.29, 0.717) is 17.1 Å². The smallest absolute Gasteiger partial charge is 0.372 e. The second kappa shape index (κ2) is 7.47. The Bertz CT molecular complexity index is 443. The molecule has 0 heterocycles. The van der Waals surface area contributed by atoms with E-state index in [4.69, 9.17) is 16.3 Å². The Balaban J connectivity index is 2.73. The van der Waals surface area contributed by atoms with Gasteiger partial charge in [0.05, 0.1) is 19.1 Å². The lowest BCUT2D eigenvalue weighted by Gasteiger charge is -2.26. The monoisotopic (exact) mass is 323 g/mol. The first-order chi connectivity index (χ1) is 9.58. The van der Waals surface area contributed by atoms with Gasteiger partial charge in [-0.3, -0.25) is 0 Å². The number of alkyl halides is 3. The van der Waals surface area contributed by atoms with Crippen molar-refractivity contribution in [2.24, 2.45) is 0 Å². The molecule has 0 fully saturated rings. The zero-order valence-electron chi connectivity index (χ0n) is 12.4. The predicted octanol–water partition coefficient (Wildman–Crippen LogP) is 4.74. The number of rotatable bonds is 6. The van der Waals surface area contributed by atoms with E-state index < -0.39 is 18.7 Å². The summed E-state index contributed by atoms with van der Waals surface area (Å²) in [5, 5.41) is 3.72. The number of benzene rings is 1. The van der Waals surface area contributed by atoms with E-state index in [9.17, 15) is 13.2 Å². The summed E-state index contributed by atoms with van der Waals surface area (Å²) >= 11 is 6.11. The molecule has 0 bridgehead atoms. The third-order valence-electron chi connectivity index (χ3n) is 2.77. The van der Waals surface area contributed by atoms with Crippen LogP contribution in [0.3, 0.4) is 0 Å². The Hall–Kier alpha value is -0.780. The van der Waals surface area contributed by atoms with Crippen LogP contribution in [0, 0.1) is 0 Å². The molecule has 0 amide bonds. The van der Waals surface area contributed by atoms with Crippen LogP contribution in [0.2, 0.25) is 5.02 Å². The Morgan fingerprint density at radius 1 is 1.19 bits per heavy atom. The molecule has 0 aliphatic heterocycles. The number of hydrogen-bond acceptors (Lipinski definition) is 2. The van der Waals surface area contributed by atoms with Crippen LogP contribution in [0.15, 0.2) is 24.3 Å². The first-order valence-corrected chi connectivity index (χ1v) is 7.14. The summed E-state index contributed by atoms with van der Waals surface area (Å²) in [5.41, 5.74) is 0.533. The molecule has 0 radical (unpaired) electrons. The molecule has 1 aromatic rings. The summed E-state index contributed by atoms with van der Waals surface area (Å²) in [7, 11) is 0. The normalized spacial score (nSPS) is 14.2. The van der Waals surface area contributed by atoms with Crippen LogP contribution in [0.25, 0.3) is 0 Å². The van der Waals surface area contributed by atoms with Gasteiger partial charge in [0.2, 0.25) is 0 Å². The van der Waals surface area contributed by atoms with Crippen LogP contribution in [-0.2, 0) is 4.74 Å². The molecule has 1 aromatic carbocycles. The molecular formula is C15H21ClF3NO. The SMILES string of the molecule is CC(C)(C)NCC(OCCC(F)(F)F)c1ccccc1Cl. The fraction of sp³-hybridized carbons (Fsp3) is 0.600. The van der Waals surface area contributed by atoms with Crippen LogP contribution in [0.1, 0.15) is 38.9 Å². The van der Waals surface area contributed by atoms with Gasteiger partial charge in [-0.2, -0.15) is 13.2 Å². The minimum atomic E-state index is -4.22. The Morgan fingerprint density at radius 3 is 2.33 bits per heavy atom. The molecule has 1 unspecified atom stereocenters. The van der Waals surface area contributed by atoms with Crippen molar-refractivity contribution < 1.29 is 17.9 Å². The number of hydrogen-bond donors (Lipinski definition) is 1. The van der Waals surface area contributed by atoms with Crippen molar-refractivity contribution in [3.8, 4) is 0 Å². The highest BCUT2D eigenvalue weighted by Gasteiger charge is 2.28. The molecule has 0 spiro atoms. The second-order valence-electron chi connectivity index (χ2n) is 5.88. The van der Waals surface area contributed by atoms with Crippen LogP contribution in [0.4, 0.5) is 13.2 Å². The zero-order valence-corrected chi connectivity index (χ0v) is 13.2. The average molecular weight is 324 g/mol. The highest BCUT2D eigenvalue weighted by molar-refractivity contribution is 6.31. The molecule has 21 heavy (non-hydrogen) atoms. The molecule has 6 heteroatoms. The van der Waals surface area contributed by atoms with E-state index in [2.05, 4.69) is 5.32 Å². The van der Waals surface area contributed by atoms with Gasteiger partial charge >= 0.3 is 6.18 Å². The largest absolute Gasteiger partial charge is 0.391 e. The van der Waals surface area contributed by atoms with E-state index in [1.54, 1.807) is 24.3 Å². The number of nitrogens with one attached hydrogen (secondary N) is 1. The van der Waals surface area contributed by atoms with E-state index in [1.165, 1.54) is 0 Å². The van der Waals surface area contributed by atoms with Crippen molar-refractivity contribution in [2.75, 3.05) is 13.2 Å². The third-order valence-corrected chi connectivity index (χ3v) is 3.12. The van der Waals surface area contributed by atoms with Crippen LogP contribution >= 0.6 is 11.6 Å². The number of ether oxygens (including phenoxy) is 1. The third kappa shape index (κ3) is 7.69. The summed E-state index contributed by atoms with van der Waals surface area (Å²) in [5.74, 6) is 0. The van der Waals surface area contributed by atoms with Gasteiger partial charge in [0.25, 0.3) is 0 Å². The van der Waals surface area contributed by atoms with Gasteiger partial charge < -0.3 is 10.1 Å². The topological polar surface area (TPSA) is 21.3 Å². The minimum absolute atomic E-state index is 0.160. The molecule has 120 valence electrons. The van der Waals surface area contributed by atoms with E-state index >= 15 is 0 Å². The maximum Gasteiger partial charge on any atom is 0.391 e. The van der Waals surface area contributed by atoms with Crippen LogP contribution < -0.4 is 5.32 Å². The molecule has 1 N–H and O–H groups in total. The molecule has 1 rings (SSSR count). The van der Waals surface area contributed by atoms with Gasteiger partial charge in [0, 0.05) is 22.7 Å². The van der Waals surface area contributed by atoms with E-state index in [1.807, 2.05) is 20.8 Å². The van der Waals surface area contributed by atoms with Crippen molar-refractivity contribution >= 4 is 11.6 Å². The number of halogens is 4. The molecule has 2 nitrogen and oxygen atoms in total. The zero-order chi connectivity index (χ0) is 16.1. The minimum Gasteiger partial charge on any atom is -0.372 e. The molecular weight excluding hydrogens is 303 g/mol. The Kier molecular flexibility index (Phi) is 6.50. The van der Waals surface area contributed by atoms with Crippen molar-refractivity contribution in [3.05, 3.63) is 34.9 Å². The molecule has 0 aliphatic carbocycles. The lowest BCUT2D eigenvalue weighted by Crippen LogP contribution is -2.39. The molecule has 0 saturated heterocycles.